The Morgan fingerprint density at radius 1 is 1.17 bits per heavy atom. The molecule has 2 aromatic heterocycles. The summed E-state index contributed by atoms with van der Waals surface area (Å²) in [6.45, 7) is 0. The van der Waals surface area contributed by atoms with Gasteiger partial charge in [0.2, 0.25) is 0 Å². The minimum Gasteiger partial charge on any atom is -0.363 e. The van der Waals surface area contributed by atoms with Crippen LogP contribution in [0.15, 0.2) is 63.5 Å². The Morgan fingerprint density at radius 2 is 1.96 bits per heavy atom. The minimum absolute atomic E-state index is 0.0105. The van der Waals surface area contributed by atoms with Gasteiger partial charge in [-0.05, 0) is 18.2 Å². The highest BCUT2D eigenvalue weighted by Crippen LogP contribution is 2.22. The van der Waals surface area contributed by atoms with Crippen molar-refractivity contribution in [3.05, 3.63) is 59.0 Å². The lowest BCUT2D eigenvalue weighted by Gasteiger charge is -2.03. The maximum atomic E-state index is 12.2. The summed E-state index contributed by atoms with van der Waals surface area (Å²) in [6.07, 6.45) is 1.25. The zero-order valence-electron chi connectivity index (χ0n) is 11.6. The molecule has 0 aliphatic heterocycles. The predicted molar refractivity (Wildman–Crippen MR) is 86.0 cm³/mol. The Bertz CT molecular complexity index is 903. The second kappa shape index (κ2) is 6.23. The van der Waals surface area contributed by atoms with E-state index in [0.29, 0.717) is 5.69 Å². The van der Waals surface area contributed by atoms with Gasteiger partial charge >= 0.3 is 0 Å². The summed E-state index contributed by atoms with van der Waals surface area (Å²) in [5.41, 5.74) is 0.635. The van der Waals surface area contributed by atoms with Crippen LogP contribution in [0.5, 0.6) is 0 Å². The Labute approximate surface area is 136 Å². The largest absolute Gasteiger partial charge is 0.363 e. The van der Waals surface area contributed by atoms with Gasteiger partial charge in [-0.15, -0.1) is 11.3 Å². The fraction of sp³-hybridized carbons (Fsp3) is 0. The molecular formula is C14H11N3O4S2. The van der Waals surface area contributed by atoms with E-state index in [-0.39, 0.29) is 21.5 Å². The van der Waals surface area contributed by atoms with Gasteiger partial charge in [0, 0.05) is 17.1 Å². The van der Waals surface area contributed by atoms with E-state index in [9.17, 15) is 13.2 Å². The van der Waals surface area contributed by atoms with E-state index in [4.69, 9.17) is 0 Å². The number of carbonyl (C=O) groups excluding carboxylic acids is 1. The van der Waals surface area contributed by atoms with E-state index >= 15 is 0 Å². The molecule has 0 spiro atoms. The molecule has 2 N–H and O–H groups in total. The first-order valence-corrected chi connectivity index (χ1v) is 8.79. The summed E-state index contributed by atoms with van der Waals surface area (Å²) in [5, 5.41) is 7.57. The lowest BCUT2D eigenvalue weighted by molar-refractivity contribution is 0.103. The van der Waals surface area contributed by atoms with Gasteiger partial charge in [-0.2, -0.15) is 0 Å². The van der Waals surface area contributed by atoms with Crippen LogP contribution in [-0.2, 0) is 10.0 Å². The number of nitrogens with zero attached hydrogens (tertiary/aromatic N) is 1. The van der Waals surface area contributed by atoms with Crippen molar-refractivity contribution in [2.45, 2.75) is 4.90 Å². The fourth-order valence-electron chi connectivity index (χ4n) is 1.75. The lowest BCUT2D eigenvalue weighted by atomic mass is 10.3. The van der Waals surface area contributed by atoms with Gasteiger partial charge in [0.15, 0.2) is 5.82 Å². The second-order valence-corrected chi connectivity index (χ2v) is 7.05. The molecule has 3 rings (SSSR count). The van der Waals surface area contributed by atoms with Crippen LogP contribution in [0.2, 0.25) is 0 Å². The molecule has 23 heavy (non-hydrogen) atoms. The number of hydrogen-bond donors (Lipinski definition) is 2. The summed E-state index contributed by atoms with van der Waals surface area (Å²) >= 11 is 1.04. The Balaban J connectivity index is 1.76. The highest BCUT2D eigenvalue weighted by atomic mass is 32.2. The number of para-hydroxylation sites is 1. The van der Waals surface area contributed by atoms with Crippen LogP contribution in [0, 0.1) is 0 Å². The van der Waals surface area contributed by atoms with Crippen molar-refractivity contribution in [1.29, 1.82) is 0 Å². The van der Waals surface area contributed by atoms with Gasteiger partial charge in [-0.3, -0.25) is 9.52 Å². The molecule has 9 heteroatoms. The molecule has 0 unspecified atom stereocenters. The lowest BCUT2D eigenvalue weighted by Crippen LogP contribution is -2.13. The van der Waals surface area contributed by atoms with Gasteiger partial charge in [0.1, 0.15) is 6.26 Å². The SMILES string of the molecule is O=C(Nc1ccccc1)c1cc(S(=O)(=O)Nc2ccon2)cs1. The van der Waals surface area contributed by atoms with Crippen LogP contribution in [0.4, 0.5) is 11.5 Å². The Kier molecular flexibility index (Phi) is 4.13. The fourth-order valence-corrected chi connectivity index (χ4v) is 3.92. The molecule has 3 aromatic rings. The van der Waals surface area contributed by atoms with E-state index in [2.05, 4.69) is 19.7 Å². The predicted octanol–water partition coefficient (Wildman–Crippen LogP) is 2.79. The number of amides is 1. The maximum Gasteiger partial charge on any atom is 0.265 e. The standard InChI is InChI=1S/C14H11N3O4S2/c18-14(15-10-4-2-1-3-5-10)12-8-11(9-22-12)23(19,20)17-13-6-7-21-16-13/h1-9H,(H,15,18)(H,16,17). The van der Waals surface area contributed by atoms with Crippen LogP contribution in [0.1, 0.15) is 9.67 Å². The van der Waals surface area contributed by atoms with E-state index in [1.54, 1.807) is 24.3 Å². The zero-order chi connectivity index (χ0) is 16.3. The van der Waals surface area contributed by atoms with Crippen molar-refractivity contribution in [2.24, 2.45) is 0 Å². The Morgan fingerprint density at radius 3 is 2.65 bits per heavy atom. The number of rotatable bonds is 5. The van der Waals surface area contributed by atoms with Gasteiger partial charge in [0.25, 0.3) is 15.9 Å². The van der Waals surface area contributed by atoms with Crippen molar-refractivity contribution in [2.75, 3.05) is 10.0 Å². The number of sulfonamides is 1. The molecule has 0 fully saturated rings. The van der Waals surface area contributed by atoms with Crippen molar-refractivity contribution in [3.8, 4) is 0 Å². The third-order valence-corrected chi connectivity index (χ3v) is 5.23. The van der Waals surface area contributed by atoms with Crippen LogP contribution < -0.4 is 10.0 Å². The number of aromatic nitrogens is 1. The highest BCUT2D eigenvalue weighted by molar-refractivity contribution is 7.92. The first-order valence-electron chi connectivity index (χ1n) is 6.43. The van der Waals surface area contributed by atoms with E-state index in [1.165, 1.54) is 23.8 Å². The van der Waals surface area contributed by atoms with Gasteiger partial charge in [-0.1, -0.05) is 23.4 Å². The number of benzene rings is 1. The second-order valence-electron chi connectivity index (χ2n) is 4.46. The van der Waals surface area contributed by atoms with Crippen LogP contribution in [0.25, 0.3) is 0 Å². The average Bonchev–Trinajstić information content (AvgIpc) is 3.19. The molecule has 0 bridgehead atoms. The van der Waals surface area contributed by atoms with Gasteiger partial charge < -0.3 is 9.84 Å². The molecule has 0 saturated heterocycles. The molecule has 0 saturated carbocycles. The van der Waals surface area contributed by atoms with Crippen LogP contribution >= 0.6 is 11.3 Å². The third-order valence-electron chi connectivity index (χ3n) is 2.82. The molecule has 1 aromatic carbocycles. The summed E-state index contributed by atoms with van der Waals surface area (Å²) in [5.74, 6) is -0.296. The van der Waals surface area contributed by atoms with Crippen molar-refractivity contribution in [1.82, 2.24) is 5.16 Å². The summed E-state index contributed by atoms with van der Waals surface area (Å²) in [6, 6.07) is 11.6. The third kappa shape index (κ3) is 3.58. The first kappa shape index (κ1) is 15.3. The quantitative estimate of drug-likeness (QED) is 0.737. The molecule has 2 heterocycles. The van der Waals surface area contributed by atoms with Crippen molar-refractivity contribution < 1.29 is 17.7 Å². The molecule has 0 atom stereocenters. The molecule has 7 nitrogen and oxygen atoms in total. The van der Waals surface area contributed by atoms with E-state index in [0.717, 1.165) is 11.3 Å². The van der Waals surface area contributed by atoms with E-state index in [1.807, 2.05) is 6.07 Å². The zero-order valence-corrected chi connectivity index (χ0v) is 13.2. The molecule has 0 aliphatic carbocycles. The number of anilines is 2. The first-order chi connectivity index (χ1) is 11.0. The minimum atomic E-state index is -3.81. The molecule has 0 radical (unpaired) electrons. The van der Waals surface area contributed by atoms with Crippen LogP contribution in [-0.4, -0.2) is 19.5 Å². The average molecular weight is 349 g/mol. The maximum absolute atomic E-state index is 12.2. The Hall–Kier alpha value is -2.65. The summed E-state index contributed by atoms with van der Waals surface area (Å²) in [7, 11) is -3.81. The number of thiophene rings is 1. The summed E-state index contributed by atoms with van der Waals surface area (Å²) < 4.78 is 31.2. The number of hydrogen-bond acceptors (Lipinski definition) is 6. The molecule has 118 valence electrons. The monoisotopic (exact) mass is 349 g/mol. The highest BCUT2D eigenvalue weighted by Gasteiger charge is 2.20. The van der Waals surface area contributed by atoms with Gasteiger partial charge in [-0.25, -0.2) is 8.42 Å². The molecular weight excluding hydrogens is 338 g/mol. The van der Waals surface area contributed by atoms with Crippen molar-refractivity contribution in [3.63, 3.8) is 0 Å². The molecule has 1 amide bonds. The number of nitrogens with one attached hydrogen (secondary N) is 2. The number of carbonyl (C=O) groups is 1. The summed E-state index contributed by atoms with van der Waals surface area (Å²) in [4.78, 5) is 12.4. The smallest absolute Gasteiger partial charge is 0.265 e. The normalized spacial score (nSPS) is 11.1. The topological polar surface area (TPSA) is 101 Å². The van der Waals surface area contributed by atoms with Crippen LogP contribution in [0.3, 0.4) is 0 Å². The van der Waals surface area contributed by atoms with Gasteiger partial charge in [0.05, 0.1) is 9.77 Å². The molecule has 0 aliphatic rings. The van der Waals surface area contributed by atoms with Crippen molar-refractivity contribution >= 4 is 38.8 Å². The van der Waals surface area contributed by atoms with E-state index < -0.39 is 10.0 Å².